The van der Waals surface area contributed by atoms with Gasteiger partial charge in [-0.15, -0.1) is 5.10 Å². The Morgan fingerprint density at radius 3 is 2.55 bits per heavy atom. The summed E-state index contributed by atoms with van der Waals surface area (Å²) < 4.78 is 5.67. The van der Waals surface area contributed by atoms with Crippen LogP contribution in [0.15, 0.2) is 12.1 Å². The van der Waals surface area contributed by atoms with E-state index in [1.165, 1.54) is 12.8 Å². The van der Waals surface area contributed by atoms with Crippen molar-refractivity contribution in [2.24, 2.45) is 5.92 Å². The van der Waals surface area contributed by atoms with Gasteiger partial charge in [-0.3, -0.25) is 4.90 Å². The Kier molecular flexibility index (Phi) is 3.92. The first-order valence-electron chi connectivity index (χ1n) is 7.89. The maximum Gasteiger partial charge on any atom is 0.233 e. The zero-order valence-corrected chi connectivity index (χ0v) is 12.7. The van der Waals surface area contributed by atoms with Crippen LogP contribution in [-0.2, 0) is 0 Å². The van der Waals surface area contributed by atoms with Gasteiger partial charge in [0.25, 0.3) is 0 Å². The minimum Gasteiger partial charge on any atom is -0.473 e. The molecule has 1 aromatic rings. The van der Waals surface area contributed by atoms with E-state index in [9.17, 15) is 0 Å². The molecule has 0 N–H and O–H groups in total. The molecule has 0 spiro atoms. The molecule has 4 heteroatoms. The third kappa shape index (κ3) is 3.11. The monoisotopic (exact) mass is 275 g/mol. The maximum absolute atomic E-state index is 5.67. The standard InChI is InChI=1S/C16H25N3O/c1-11(2)19-10-12(3)4-8-15(19)14-7-9-16(18-17-14)20-13-5-6-13/h7,9,11-13,15H,4-6,8,10H2,1-3H3. The molecule has 0 bridgehead atoms. The Morgan fingerprint density at radius 2 is 1.95 bits per heavy atom. The number of likely N-dealkylation sites (tertiary alicyclic amines) is 1. The molecule has 2 fully saturated rings. The smallest absolute Gasteiger partial charge is 0.233 e. The van der Waals surface area contributed by atoms with Gasteiger partial charge in [-0.25, -0.2) is 0 Å². The number of hydrogen-bond acceptors (Lipinski definition) is 4. The lowest BCUT2D eigenvalue weighted by molar-refractivity contribution is 0.0787. The van der Waals surface area contributed by atoms with Gasteiger partial charge in [-0.2, -0.15) is 5.10 Å². The van der Waals surface area contributed by atoms with Gasteiger partial charge in [0, 0.05) is 18.7 Å². The number of rotatable bonds is 4. The van der Waals surface area contributed by atoms with Gasteiger partial charge in [0.05, 0.1) is 11.7 Å². The second-order valence-electron chi connectivity index (χ2n) is 6.60. The van der Waals surface area contributed by atoms with Crippen LogP contribution < -0.4 is 4.74 Å². The highest BCUT2D eigenvalue weighted by molar-refractivity contribution is 5.16. The third-order valence-electron chi connectivity index (χ3n) is 4.33. The first kappa shape index (κ1) is 13.8. The number of hydrogen-bond donors (Lipinski definition) is 0. The molecular formula is C16H25N3O. The Morgan fingerprint density at radius 1 is 1.15 bits per heavy atom. The third-order valence-corrected chi connectivity index (χ3v) is 4.33. The first-order chi connectivity index (χ1) is 9.63. The first-order valence-corrected chi connectivity index (χ1v) is 7.89. The summed E-state index contributed by atoms with van der Waals surface area (Å²) in [5, 5.41) is 8.67. The van der Waals surface area contributed by atoms with E-state index in [1.54, 1.807) is 0 Å². The average molecular weight is 275 g/mol. The van der Waals surface area contributed by atoms with Crippen LogP contribution in [0, 0.1) is 5.92 Å². The molecule has 1 saturated heterocycles. The number of nitrogens with zero attached hydrogens (tertiary/aromatic N) is 3. The number of ether oxygens (including phenoxy) is 1. The lowest BCUT2D eigenvalue weighted by Crippen LogP contribution is -2.42. The summed E-state index contributed by atoms with van der Waals surface area (Å²) in [7, 11) is 0. The van der Waals surface area contributed by atoms with Crippen LogP contribution in [0.5, 0.6) is 5.88 Å². The SMILES string of the molecule is CC1CCC(c2ccc(OC3CC3)nn2)N(C(C)C)C1. The van der Waals surface area contributed by atoms with Crippen LogP contribution in [0.3, 0.4) is 0 Å². The lowest BCUT2D eigenvalue weighted by atomic mass is 9.91. The second kappa shape index (κ2) is 5.68. The largest absolute Gasteiger partial charge is 0.473 e. The van der Waals surface area contributed by atoms with Gasteiger partial charge >= 0.3 is 0 Å². The molecule has 2 atom stereocenters. The topological polar surface area (TPSA) is 38.3 Å². The molecule has 2 unspecified atom stereocenters. The van der Waals surface area contributed by atoms with Crippen LogP contribution in [0.25, 0.3) is 0 Å². The van der Waals surface area contributed by atoms with Crippen molar-refractivity contribution in [1.29, 1.82) is 0 Å². The molecule has 0 radical (unpaired) electrons. The predicted octanol–water partition coefficient (Wildman–Crippen LogP) is 3.20. The molecule has 2 heterocycles. The van der Waals surface area contributed by atoms with E-state index in [0.717, 1.165) is 31.0 Å². The van der Waals surface area contributed by atoms with Crippen molar-refractivity contribution in [2.75, 3.05) is 6.54 Å². The molecule has 20 heavy (non-hydrogen) atoms. The Bertz CT molecular complexity index is 442. The predicted molar refractivity (Wildman–Crippen MR) is 78.7 cm³/mol. The van der Waals surface area contributed by atoms with Crippen LogP contribution in [0.4, 0.5) is 0 Å². The molecule has 0 aromatic carbocycles. The second-order valence-corrected chi connectivity index (χ2v) is 6.60. The van der Waals surface area contributed by atoms with Gasteiger partial charge in [0.2, 0.25) is 5.88 Å². The van der Waals surface area contributed by atoms with Crippen molar-refractivity contribution >= 4 is 0 Å². The van der Waals surface area contributed by atoms with E-state index in [-0.39, 0.29) is 0 Å². The lowest BCUT2D eigenvalue weighted by Gasteiger charge is -2.40. The molecule has 1 aliphatic carbocycles. The molecule has 1 saturated carbocycles. The maximum atomic E-state index is 5.67. The van der Waals surface area contributed by atoms with Gasteiger partial charge < -0.3 is 4.74 Å². The fourth-order valence-corrected chi connectivity index (χ4v) is 3.00. The van der Waals surface area contributed by atoms with Crippen LogP contribution in [-0.4, -0.2) is 33.8 Å². The summed E-state index contributed by atoms with van der Waals surface area (Å²) in [6, 6.07) is 5.04. The quantitative estimate of drug-likeness (QED) is 0.846. The molecule has 4 nitrogen and oxygen atoms in total. The van der Waals surface area contributed by atoms with E-state index in [4.69, 9.17) is 4.74 Å². The van der Waals surface area contributed by atoms with Crippen molar-refractivity contribution in [2.45, 2.75) is 64.6 Å². The highest BCUT2D eigenvalue weighted by Crippen LogP contribution is 2.34. The fourth-order valence-electron chi connectivity index (χ4n) is 3.00. The number of aromatic nitrogens is 2. The highest BCUT2D eigenvalue weighted by atomic mass is 16.5. The summed E-state index contributed by atoms with van der Waals surface area (Å²) in [5.41, 5.74) is 1.09. The van der Waals surface area contributed by atoms with Crippen molar-refractivity contribution in [1.82, 2.24) is 15.1 Å². The Labute approximate surface area is 121 Å². The minimum atomic E-state index is 0.387. The molecule has 110 valence electrons. The van der Waals surface area contributed by atoms with Crippen LogP contribution in [0.1, 0.15) is 58.2 Å². The normalized spacial score (nSPS) is 27.8. The highest BCUT2D eigenvalue weighted by Gasteiger charge is 2.30. The Hall–Kier alpha value is -1.16. The van der Waals surface area contributed by atoms with E-state index >= 15 is 0 Å². The number of piperidine rings is 1. The summed E-state index contributed by atoms with van der Waals surface area (Å²) in [4.78, 5) is 2.56. The summed E-state index contributed by atoms with van der Waals surface area (Å²) in [6.07, 6.45) is 5.15. The molecular weight excluding hydrogens is 250 g/mol. The van der Waals surface area contributed by atoms with E-state index in [0.29, 0.717) is 24.1 Å². The zero-order chi connectivity index (χ0) is 14.1. The van der Waals surface area contributed by atoms with Crippen molar-refractivity contribution in [3.63, 3.8) is 0 Å². The fraction of sp³-hybridized carbons (Fsp3) is 0.750. The molecule has 2 aliphatic rings. The molecule has 3 rings (SSSR count). The molecule has 1 aliphatic heterocycles. The summed E-state index contributed by atoms with van der Waals surface area (Å²) in [6.45, 7) is 8.03. The zero-order valence-electron chi connectivity index (χ0n) is 12.7. The Balaban J connectivity index is 1.72. The van der Waals surface area contributed by atoms with Gasteiger partial charge in [-0.1, -0.05) is 6.92 Å². The molecule has 0 amide bonds. The van der Waals surface area contributed by atoms with E-state index < -0.39 is 0 Å². The van der Waals surface area contributed by atoms with Gasteiger partial charge in [-0.05, 0) is 51.5 Å². The minimum absolute atomic E-state index is 0.387. The van der Waals surface area contributed by atoms with Gasteiger partial charge in [0.15, 0.2) is 0 Å². The van der Waals surface area contributed by atoms with Crippen molar-refractivity contribution in [3.8, 4) is 5.88 Å². The van der Waals surface area contributed by atoms with Crippen molar-refractivity contribution in [3.05, 3.63) is 17.8 Å². The van der Waals surface area contributed by atoms with Crippen LogP contribution in [0.2, 0.25) is 0 Å². The summed E-state index contributed by atoms with van der Waals surface area (Å²) in [5.74, 6) is 1.45. The van der Waals surface area contributed by atoms with Gasteiger partial charge in [0.1, 0.15) is 6.10 Å². The van der Waals surface area contributed by atoms with E-state index in [1.807, 2.05) is 6.07 Å². The average Bonchev–Trinajstić information content (AvgIpc) is 3.24. The summed E-state index contributed by atoms with van der Waals surface area (Å²) >= 11 is 0. The van der Waals surface area contributed by atoms with Crippen molar-refractivity contribution < 1.29 is 4.74 Å². The molecule has 1 aromatic heterocycles. The van der Waals surface area contributed by atoms with E-state index in [2.05, 4.69) is 41.9 Å². The van der Waals surface area contributed by atoms with Crippen LogP contribution >= 0.6 is 0 Å².